The third kappa shape index (κ3) is 2.82. The second-order valence-electron chi connectivity index (χ2n) is 9.66. The Morgan fingerprint density at radius 2 is 1.97 bits per heavy atom. The summed E-state index contributed by atoms with van der Waals surface area (Å²) < 4.78 is 5.67. The lowest BCUT2D eigenvalue weighted by atomic mass is 9.79. The van der Waals surface area contributed by atoms with E-state index in [1.165, 1.54) is 0 Å². The highest BCUT2D eigenvalue weighted by Gasteiger charge is 2.72. The number of benzene rings is 1. The molecule has 1 aromatic carbocycles. The number of methoxy groups -OCH3 is 1. The van der Waals surface area contributed by atoms with Crippen molar-refractivity contribution in [3.8, 4) is 17.0 Å². The number of nitrogens with one attached hydrogen (secondary N) is 2. The van der Waals surface area contributed by atoms with Gasteiger partial charge in [-0.15, -0.1) is 0 Å². The molecule has 172 valence electrons. The first kappa shape index (κ1) is 19.7. The summed E-state index contributed by atoms with van der Waals surface area (Å²) in [5.41, 5.74) is 4.19. The number of hydrogen-bond donors (Lipinski definition) is 2. The van der Waals surface area contributed by atoms with Crippen molar-refractivity contribution in [1.82, 2.24) is 29.8 Å². The molecule has 2 aliphatic carbocycles. The third-order valence-electron chi connectivity index (χ3n) is 7.81. The van der Waals surface area contributed by atoms with E-state index in [0.717, 1.165) is 66.3 Å². The van der Waals surface area contributed by atoms with Gasteiger partial charge < -0.3 is 19.9 Å². The molecule has 0 radical (unpaired) electrons. The van der Waals surface area contributed by atoms with Crippen molar-refractivity contribution < 1.29 is 9.53 Å². The largest absolute Gasteiger partial charge is 0.480 e. The van der Waals surface area contributed by atoms with Gasteiger partial charge in [0.2, 0.25) is 17.7 Å². The van der Waals surface area contributed by atoms with Crippen molar-refractivity contribution in [1.29, 1.82) is 0 Å². The number of rotatable bonds is 5. The van der Waals surface area contributed by atoms with Crippen molar-refractivity contribution >= 4 is 33.9 Å². The van der Waals surface area contributed by atoms with E-state index in [1.807, 2.05) is 24.4 Å². The van der Waals surface area contributed by atoms with Crippen LogP contribution >= 0.6 is 0 Å². The highest BCUT2D eigenvalue weighted by Crippen LogP contribution is 2.68. The monoisotopic (exact) mass is 455 g/mol. The lowest BCUT2D eigenvalue weighted by Crippen LogP contribution is -2.47. The minimum atomic E-state index is -0.130. The first-order chi connectivity index (χ1) is 16.7. The Kier molecular flexibility index (Phi) is 4.13. The second-order valence-corrected chi connectivity index (χ2v) is 9.66. The normalized spacial score (nSPS) is 25.3. The van der Waals surface area contributed by atoms with Gasteiger partial charge in [-0.25, -0.2) is 0 Å². The minimum Gasteiger partial charge on any atom is -0.480 e. The predicted molar refractivity (Wildman–Crippen MR) is 127 cm³/mol. The summed E-state index contributed by atoms with van der Waals surface area (Å²) in [6.07, 6.45) is 9.39. The molecule has 3 atom stereocenters. The molecule has 0 spiro atoms. The minimum absolute atomic E-state index is 0.130. The summed E-state index contributed by atoms with van der Waals surface area (Å²) in [4.78, 5) is 36.4. The van der Waals surface area contributed by atoms with Crippen molar-refractivity contribution in [2.24, 2.45) is 11.3 Å². The standard InChI is InChI=1S/C25H25N7O2/c1-34-22-20-15(14-4-5-17-18(10-14)27-7-6-26-17)13-28-21(20)30-24(31-22)29-19-12-25(11-16(19)25)23(33)32-8-2-3-9-32/h4-7,10,13,16,19H,2-3,8-9,11-12H2,1H3,(H2,28,29,30,31)/t16?,19-,25+/m0/s1. The van der Waals surface area contributed by atoms with Gasteiger partial charge in [-0.05, 0) is 49.3 Å². The Labute approximate surface area is 196 Å². The molecule has 2 saturated carbocycles. The van der Waals surface area contributed by atoms with Crippen LogP contribution in [-0.2, 0) is 4.79 Å². The average molecular weight is 456 g/mol. The summed E-state index contributed by atoms with van der Waals surface area (Å²) >= 11 is 0. The number of ether oxygens (including phenoxy) is 1. The molecular formula is C25H25N7O2. The van der Waals surface area contributed by atoms with Crippen molar-refractivity contribution in [3.05, 3.63) is 36.8 Å². The van der Waals surface area contributed by atoms with Gasteiger partial charge >= 0.3 is 0 Å². The Balaban J connectivity index is 1.15. The molecule has 7 rings (SSSR count). The molecule has 9 nitrogen and oxygen atoms in total. The van der Waals surface area contributed by atoms with Crippen LogP contribution in [0.25, 0.3) is 33.2 Å². The number of nitrogens with zero attached hydrogens (tertiary/aromatic N) is 5. The predicted octanol–water partition coefficient (Wildman–Crippen LogP) is 3.39. The van der Waals surface area contributed by atoms with Crippen LogP contribution in [0.2, 0.25) is 0 Å². The molecule has 1 unspecified atom stereocenters. The molecule has 3 aliphatic rings. The zero-order valence-corrected chi connectivity index (χ0v) is 18.9. The maximum atomic E-state index is 12.9. The van der Waals surface area contributed by atoms with Crippen LogP contribution in [-0.4, -0.2) is 62.0 Å². The van der Waals surface area contributed by atoms with Gasteiger partial charge in [0.15, 0.2) is 0 Å². The third-order valence-corrected chi connectivity index (χ3v) is 7.81. The number of carbonyl (C=O) groups is 1. The Hall–Kier alpha value is -3.75. The lowest BCUT2D eigenvalue weighted by molar-refractivity contribution is -0.139. The van der Waals surface area contributed by atoms with Crippen LogP contribution < -0.4 is 10.1 Å². The fourth-order valence-electron chi connectivity index (χ4n) is 5.93. The molecule has 0 bridgehead atoms. The quantitative estimate of drug-likeness (QED) is 0.475. The fourth-order valence-corrected chi connectivity index (χ4v) is 5.93. The number of aromatic nitrogens is 5. The van der Waals surface area contributed by atoms with E-state index in [9.17, 15) is 4.79 Å². The maximum Gasteiger partial charge on any atom is 0.229 e. The van der Waals surface area contributed by atoms with Crippen molar-refractivity contribution in [2.45, 2.75) is 31.7 Å². The molecule has 1 aliphatic heterocycles. The van der Waals surface area contributed by atoms with Gasteiger partial charge in [-0.3, -0.25) is 14.8 Å². The number of anilines is 1. The number of likely N-dealkylation sites (tertiary alicyclic amines) is 1. The number of fused-ring (bicyclic) bond motifs is 3. The lowest BCUT2D eigenvalue weighted by Gasteiger charge is -2.36. The first-order valence-corrected chi connectivity index (χ1v) is 11.9. The number of amides is 1. The van der Waals surface area contributed by atoms with Gasteiger partial charge in [0, 0.05) is 43.3 Å². The summed E-state index contributed by atoms with van der Waals surface area (Å²) in [5, 5.41) is 4.30. The summed E-state index contributed by atoms with van der Waals surface area (Å²) in [6, 6.07) is 6.21. The molecule has 3 fully saturated rings. The molecule has 2 N–H and O–H groups in total. The van der Waals surface area contributed by atoms with Crippen molar-refractivity contribution in [3.63, 3.8) is 0 Å². The smallest absolute Gasteiger partial charge is 0.229 e. The van der Waals surface area contributed by atoms with E-state index < -0.39 is 0 Å². The van der Waals surface area contributed by atoms with Crippen molar-refractivity contribution in [2.75, 3.05) is 25.5 Å². The average Bonchev–Trinajstić information content (AvgIpc) is 3.26. The topological polar surface area (TPSA) is 109 Å². The van der Waals surface area contributed by atoms with E-state index in [-0.39, 0.29) is 11.5 Å². The second kappa shape index (κ2) is 7.12. The molecule has 34 heavy (non-hydrogen) atoms. The Morgan fingerprint density at radius 3 is 2.76 bits per heavy atom. The molecular weight excluding hydrogens is 430 g/mol. The zero-order chi connectivity index (χ0) is 22.9. The fraction of sp³-hybridized carbons (Fsp3) is 0.400. The molecule has 4 heterocycles. The van der Waals surface area contributed by atoms with E-state index in [2.05, 4.69) is 30.2 Å². The van der Waals surface area contributed by atoms with Gasteiger partial charge in [-0.1, -0.05) is 6.07 Å². The van der Waals surface area contributed by atoms with Gasteiger partial charge in [0.25, 0.3) is 0 Å². The van der Waals surface area contributed by atoms with Gasteiger partial charge in [-0.2, -0.15) is 9.97 Å². The van der Waals surface area contributed by atoms with Crippen LogP contribution in [0.3, 0.4) is 0 Å². The number of hydrogen-bond acceptors (Lipinski definition) is 7. The summed E-state index contributed by atoms with van der Waals surface area (Å²) in [7, 11) is 1.62. The van der Waals surface area contributed by atoms with E-state index >= 15 is 0 Å². The van der Waals surface area contributed by atoms with E-state index in [0.29, 0.717) is 29.3 Å². The highest BCUT2D eigenvalue weighted by atomic mass is 16.5. The first-order valence-electron chi connectivity index (χ1n) is 11.9. The van der Waals surface area contributed by atoms with Gasteiger partial charge in [0.1, 0.15) is 5.65 Å². The van der Waals surface area contributed by atoms with Crippen LogP contribution in [0.4, 0.5) is 5.95 Å². The SMILES string of the molecule is COc1nc(N[C@H]2C[C@]3(C(=O)N4CCCC4)CC23)nc2[nH]cc(-c3ccc4nccnc4c3)c12. The number of carbonyl (C=O) groups excluding carboxylic acids is 1. The van der Waals surface area contributed by atoms with Crippen LogP contribution in [0.15, 0.2) is 36.8 Å². The molecule has 1 saturated heterocycles. The van der Waals surface area contributed by atoms with Crippen LogP contribution in [0, 0.1) is 11.3 Å². The van der Waals surface area contributed by atoms with E-state index in [1.54, 1.807) is 19.5 Å². The number of H-pyrrole nitrogens is 1. The van der Waals surface area contributed by atoms with E-state index in [4.69, 9.17) is 9.72 Å². The highest BCUT2D eigenvalue weighted by molar-refractivity contribution is 5.99. The molecule has 4 aromatic rings. The Morgan fingerprint density at radius 1 is 1.15 bits per heavy atom. The van der Waals surface area contributed by atoms with Gasteiger partial charge in [0.05, 0.1) is 28.9 Å². The van der Waals surface area contributed by atoms with Crippen LogP contribution in [0.1, 0.15) is 25.7 Å². The molecule has 3 aromatic heterocycles. The van der Waals surface area contributed by atoms with Crippen LogP contribution in [0.5, 0.6) is 5.88 Å². The maximum absolute atomic E-state index is 12.9. The molecule has 9 heteroatoms. The number of aromatic amines is 1. The summed E-state index contributed by atoms with van der Waals surface area (Å²) in [6.45, 7) is 1.84. The zero-order valence-electron chi connectivity index (χ0n) is 18.9. The Bertz CT molecular complexity index is 1440. The molecule has 1 amide bonds. The summed E-state index contributed by atoms with van der Waals surface area (Å²) in [5.74, 6) is 1.78.